The lowest BCUT2D eigenvalue weighted by Crippen LogP contribution is -2.34. The average Bonchev–Trinajstić information content (AvgIpc) is 2.90. The van der Waals surface area contributed by atoms with Crippen LogP contribution in [0.3, 0.4) is 0 Å². The molecule has 0 aliphatic carbocycles. The van der Waals surface area contributed by atoms with Crippen LogP contribution in [0.25, 0.3) is 0 Å². The second kappa shape index (κ2) is 8.04. The van der Waals surface area contributed by atoms with Crippen LogP contribution in [-0.4, -0.2) is 32.1 Å². The molecule has 0 spiro atoms. The molecular weight excluding hydrogens is 392 g/mol. The fourth-order valence-electron chi connectivity index (χ4n) is 2.97. The molecule has 0 unspecified atom stereocenters. The molecule has 0 saturated carbocycles. The Labute approximate surface area is 169 Å². The van der Waals surface area contributed by atoms with Gasteiger partial charge in [-0.2, -0.15) is 0 Å². The highest BCUT2D eigenvalue weighted by Crippen LogP contribution is 2.24. The maximum absolute atomic E-state index is 12.9. The van der Waals surface area contributed by atoms with Crippen LogP contribution >= 0.6 is 0 Å². The zero-order valence-corrected chi connectivity index (χ0v) is 17.1. The second-order valence-electron chi connectivity index (χ2n) is 7.02. The molecule has 1 atom stereocenters. The van der Waals surface area contributed by atoms with Crippen LogP contribution in [-0.2, 0) is 19.6 Å². The van der Waals surface area contributed by atoms with Crippen LogP contribution in [0.15, 0.2) is 58.4 Å². The van der Waals surface area contributed by atoms with Crippen LogP contribution < -0.4 is 15.4 Å². The summed E-state index contributed by atoms with van der Waals surface area (Å²) in [5, 5.41) is 5.44. The van der Waals surface area contributed by atoms with Gasteiger partial charge < -0.3 is 10.6 Å². The lowest BCUT2D eigenvalue weighted by molar-refractivity contribution is -0.118. The third kappa shape index (κ3) is 4.62. The number of fused-ring (bicyclic) bond motifs is 1. The minimum atomic E-state index is -3.68. The summed E-state index contributed by atoms with van der Waals surface area (Å²) in [6.45, 7) is 5.06. The number of amidine groups is 1. The summed E-state index contributed by atoms with van der Waals surface area (Å²) in [5.41, 5.74) is 1.50. The summed E-state index contributed by atoms with van der Waals surface area (Å²) in [7, 11) is -3.68. The Morgan fingerprint density at radius 1 is 1.00 bits per heavy atom. The zero-order chi connectivity index (χ0) is 21.2. The highest BCUT2D eigenvalue weighted by molar-refractivity contribution is 7.90. The van der Waals surface area contributed by atoms with E-state index in [9.17, 15) is 18.0 Å². The molecule has 3 rings (SSSR count). The van der Waals surface area contributed by atoms with E-state index >= 15 is 0 Å². The number of sulfonamides is 1. The van der Waals surface area contributed by atoms with Gasteiger partial charge in [0.1, 0.15) is 11.9 Å². The molecule has 2 aromatic carbocycles. The molecule has 2 amide bonds. The fourth-order valence-corrected chi connectivity index (χ4v) is 4.21. The highest BCUT2D eigenvalue weighted by Gasteiger charge is 2.32. The van der Waals surface area contributed by atoms with Gasteiger partial charge in [-0.05, 0) is 36.2 Å². The van der Waals surface area contributed by atoms with Crippen LogP contribution in [0, 0.1) is 5.92 Å². The number of hydrogen-bond acceptors (Lipinski definition) is 5. The van der Waals surface area contributed by atoms with E-state index in [0.717, 1.165) is 0 Å². The van der Waals surface area contributed by atoms with Crippen molar-refractivity contribution >= 4 is 39.0 Å². The molecule has 0 radical (unpaired) electrons. The van der Waals surface area contributed by atoms with Crippen molar-refractivity contribution in [1.29, 1.82) is 0 Å². The van der Waals surface area contributed by atoms with Gasteiger partial charge in [-0.15, -0.1) is 0 Å². The molecule has 9 heteroatoms. The van der Waals surface area contributed by atoms with E-state index < -0.39 is 16.1 Å². The molecular formula is C20H22N4O4S. The van der Waals surface area contributed by atoms with Crippen molar-refractivity contribution in [2.24, 2.45) is 10.9 Å². The number of carbonyl (C=O) groups is 2. The van der Waals surface area contributed by atoms with Gasteiger partial charge in [0.2, 0.25) is 11.8 Å². The molecule has 1 aliphatic rings. The molecule has 3 N–H and O–H groups in total. The Bertz CT molecular complexity index is 1090. The maximum atomic E-state index is 12.9. The lowest BCUT2D eigenvalue weighted by atomic mass is 10.0. The first-order chi connectivity index (χ1) is 13.7. The highest BCUT2D eigenvalue weighted by atomic mass is 32.2. The second-order valence-corrected chi connectivity index (χ2v) is 8.67. The Balaban J connectivity index is 1.87. The lowest BCUT2D eigenvalue weighted by Gasteiger charge is -2.17. The number of hydrogen-bond donors (Lipinski definition) is 3. The van der Waals surface area contributed by atoms with E-state index in [-0.39, 0.29) is 28.5 Å². The topological polar surface area (TPSA) is 117 Å². The number of benzene rings is 2. The molecule has 8 nitrogen and oxygen atoms in total. The zero-order valence-electron chi connectivity index (χ0n) is 16.3. The van der Waals surface area contributed by atoms with Crippen molar-refractivity contribution in [3.8, 4) is 0 Å². The van der Waals surface area contributed by atoms with Gasteiger partial charge in [0.15, 0.2) is 0 Å². The van der Waals surface area contributed by atoms with E-state index in [2.05, 4.69) is 20.3 Å². The molecule has 1 aliphatic heterocycles. The van der Waals surface area contributed by atoms with Gasteiger partial charge in [-0.25, -0.2) is 8.42 Å². The molecule has 29 heavy (non-hydrogen) atoms. The number of rotatable bonds is 5. The Morgan fingerprint density at radius 3 is 2.31 bits per heavy atom. The standard InChI is InChI=1S/C20H22N4O4S/c1-12(2)18(20(26)22-15-8-6-7-14(11-15)21-13(3)25)23-19-16-9-4-5-10-17(16)29(27,28)24-19/h4-12,18H,1-3H3,(H,21,25)(H,22,26)(H,23,24)/t18-/m0/s1. The van der Waals surface area contributed by atoms with Gasteiger partial charge >= 0.3 is 0 Å². The molecule has 0 aromatic heterocycles. The van der Waals surface area contributed by atoms with Crippen LogP contribution in [0.2, 0.25) is 0 Å². The van der Waals surface area contributed by atoms with Crippen molar-refractivity contribution in [2.75, 3.05) is 10.6 Å². The molecule has 0 saturated heterocycles. The monoisotopic (exact) mass is 414 g/mol. The summed E-state index contributed by atoms with van der Waals surface area (Å²) >= 11 is 0. The predicted molar refractivity (Wildman–Crippen MR) is 111 cm³/mol. The number of nitrogens with one attached hydrogen (secondary N) is 3. The largest absolute Gasteiger partial charge is 0.326 e. The molecule has 0 bridgehead atoms. The number of amides is 2. The summed E-state index contributed by atoms with van der Waals surface area (Å²) < 4.78 is 27.0. The van der Waals surface area contributed by atoms with Crippen LogP contribution in [0.4, 0.5) is 11.4 Å². The van der Waals surface area contributed by atoms with Gasteiger partial charge in [-0.3, -0.25) is 19.3 Å². The summed E-state index contributed by atoms with van der Waals surface area (Å²) in [4.78, 5) is 28.7. The Kier molecular flexibility index (Phi) is 5.69. The van der Waals surface area contributed by atoms with E-state index in [0.29, 0.717) is 16.9 Å². The minimum absolute atomic E-state index is 0.143. The first kappa shape index (κ1) is 20.5. The van der Waals surface area contributed by atoms with Crippen LogP contribution in [0.1, 0.15) is 26.3 Å². The summed E-state index contributed by atoms with van der Waals surface area (Å²) in [5.74, 6) is -0.622. The van der Waals surface area contributed by atoms with Gasteiger partial charge in [0, 0.05) is 23.9 Å². The summed E-state index contributed by atoms with van der Waals surface area (Å²) in [6.07, 6.45) is 0. The molecule has 2 aromatic rings. The molecule has 152 valence electrons. The number of carbonyl (C=O) groups excluding carboxylic acids is 2. The third-order valence-electron chi connectivity index (χ3n) is 4.28. The first-order valence-corrected chi connectivity index (χ1v) is 10.5. The molecule has 0 fully saturated rings. The first-order valence-electron chi connectivity index (χ1n) is 9.06. The van der Waals surface area contributed by atoms with Crippen molar-refractivity contribution in [1.82, 2.24) is 4.72 Å². The van der Waals surface area contributed by atoms with Crippen molar-refractivity contribution in [3.05, 3.63) is 54.1 Å². The number of nitrogens with zero attached hydrogens (tertiary/aromatic N) is 1. The van der Waals surface area contributed by atoms with E-state index in [1.54, 1.807) is 42.5 Å². The predicted octanol–water partition coefficient (Wildman–Crippen LogP) is 2.35. The van der Waals surface area contributed by atoms with Crippen molar-refractivity contribution in [3.63, 3.8) is 0 Å². The Morgan fingerprint density at radius 2 is 1.66 bits per heavy atom. The quantitative estimate of drug-likeness (QED) is 0.696. The molecule has 1 heterocycles. The van der Waals surface area contributed by atoms with E-state index in [1.165, 1.54) is 13.0 Å². The summed E-state index contributed by atoms with van der Waals surface area (Å²) in [6, 6.07) is 12.4. The van der Waals surface area contributed by atoms with E-state index in [4.69, 9.17) is 0 Å². The maximum Gasteiger partial charge on any atom is 0.263 e. The smallest absolute Gasteiger partial charge is 0.263 e. The van der Waals surface area contributed by atoms with Crippen molar-refractivity contribution in [2.45, 2.75) is 31.7 Å². The normalized spacial score (nSPS) is 16.8. The third-order valence-corrected chi connectivity index (χ3v) is 5.68. The number of anilines is 2. The fraction of sp³-hybridized carbons (Fsp3) is 0.250. The van der Waals surface area contributed by atoms with Gasteiger partial charge in [0.25, 0.3) is 10.0 Å². The van der Waals surface area contributed by atoms with Gasteiger partial charge in [0.05, 0.1) is 4.90 Å². The van der Waals surface area contributed by atoms with Crippen molar-refractivity contribution < 1.29 is 18.0 Å². The van der Waals surface area contributed by atoms with Gasteiger partial charge in [-0.1, -0.05) is 32.0 Å². The Hall–Kier alpha value is -3.20. The number of aliphatic imine (C=N–C) groups is 1. The minimum Gasteiger partial charge on any atom is -0.326 e. The van der Waals surface area contributed by atoms with E-state index in [1.807, 2.05) is 13.8 Å². The SMILES string of the molecule is CC(=O)Nc1cccc(NC(=O)[C@@H](N=C2NS(=O)(=O)c3ccccc32)C(C)C)c1. The average molecular weight is 414 g/mol. The van der Waals surface area contributed by atoms with Crippen LogP contribution in [0.5, 0.6) is 0 Å².